The Balaban J connectivity index is 0.00000312. The zero-order valence-corrected chi connectivity index (χ0v) is 15.6. The molecular formula is C17H21Cl2N3O3. The first-order valence-corrected chi connectivity index (χ1v) is 8.05. The number of nitrogens with zero attached hydrogens (tertiary/aromatic N) is 1. The van der Waals surface area contributed by atoms with Crippen LogP contribution >= 0.6 is 24.0 Å². The van der Waals surface area contributed by atoms with Gasteiger partial charge in [0, 0.05) is 5.56 Å². The molecule has 1 aromatic carbocycles. The van der Waals surface area contributed by atoms with Crippen LogP contribution in [0.4, 0.5) is 11.5 Å². The molecule has 0 spiro atoms. The van der Waals surface area contributed by atoms with Gasteiger partial charge in [-0.1, -0.05) is 18.5 Å². The van der Waals surface area contributed by atoms with Crippen molar-refractivity contribution < 1.29 is 14.3 Å². The van der Waals surface area contributed by atoms with E-state index in [0.717, 1.165) is 6.42 Å². The van der Waals surface area contributed by atoms with Crippen molar-refractivity contribution in [1.82, 2.24) is 4.98 Å². The van der Waals surface area contributed by atoms with Crippen molar-refractivity contribution in [3.8, 4) is 11.5 Å². The molecular weight excluding hydrogens is 365 g/mol. The Kier molecular flexibility index (Phi) is 8.31. The van der Waals surface area contributed by atoms with E-state index in [1.54, 1.807) is 24.3 Å². The molecule has 1 amide bonds. The van der Waals surface area contributed by atoms with Gasteiger partial charge in [0.1, 0.15) is 5.82 Å². The molecule has 0 atom stereocenters. The van der Waals surface area contributed by atoms with Crippen molar-refractivity contribution in [2.24, 2.45) is 0 Å². The number of hydrogen-bond acceptors (Lipinski definition) is 5. The summed E-state index contributed by atoms with van der Waals surface area (Å²) in [6.45, 7) is 4.80. The summed E-state index contributed by atoms with van der Waals surface area (Å²) in [5, 5.41) is 3.06. The third kappa shape index (κ3) is 5.69. The minimum absolute atomic E-state index is 0. The number of anilines is 2. The fraction of sp³-hybridized carbons (Fsp3) is 0.294. The van der Waals surface area contributed by atoms with Gasteiger partial charge in [0.05, 0.1) is 30.1 Å². The van der Waals surface area contributed by atoms with Gasteiger partial charge in [0.25, 0.3) is 5.91 Å². The van der Waals surface area contributed by atoms with Crippen molar-refractivity contribution >= 4 is 41.4 Å². The summed E-state index contributed by atoms with van der Waals surface area (Å²) in [5.41, 5.74) is 6.43. The van der Waals surface area contributed by atoms with Gasteiger partial charge in [-0.15, -0.1) is 12.4 Å². The second-order valence-electron chi connectivity index (χ2n) is 4.99. The molecule has 25 heavy (non-hydrogen) atoms. The molecule has 6 nitrogen and oxygen atoms in total. The van der Waals surface area contributed by atoms with Crippen LogP contribution in [-0.4, -0.2) is 24.1 Å². The molecule has 2 rings (SSSR count). The fourth-order valence-corrected chi connectivity index (χ4v) is 2.25. The summed E-state index contributed by atoms with van der Waals surface area (Å²) in [6.07, 6.45) is 2.32. The lowest BCUT2D eigenvalue weighted by atomic mass is 10.1. The molecule has 0 radical (unpaired) electrons. The van der Waals surface area contributed by atoms with Crippen molar-refractivity contribution in [3.63, 3.8) is 0 Å². The summed E-state index contributed by atoms with van der Waals surface area (Å²) < 4.78 is 11.2. The molecule has 3 N–H and O–H groups in total. The molecule has 2 aromatic rings. The number of pyridine rings is 1. The number of hydrogen-bond donors (Lipinski definition) is 2. The van der Waals surface area contributed by atoms with Crippen LogP contribution in [0.1, 0.15) is 30.6 Å². The summed E-state index contributed by atoms with van der Waals surface area (Å²) in [7, 11) is 0. The fourth-order valence-electron chi connectivity index (χ4n) is 1.99. The van der Waals surface area contributed by atoms with E-state index >= 15 is 0 Å². The molecule has 0 aliphatic heterocycles. The van der Waals surface area contributed by atoms with Gasteiger partial charge in [-0.2, -0.15) is 0 Å². The Morgan fingerprint density at radius 1 is 1.28 bits per heavy atom. The second-order valence-corrected chi connectivity index (χ2v) is 5.40. The Morgan fingerprint density at radius 2 is 2.04 bits per heavy atom. The SMILES string of the molecule is CCCOc1c(Cl)cc(C(=O)Nc2ccc(N)nc2)cc1OCC.Cl. The first-order chi connectivity index (χ1) is 11.5. The average Bonchev–Trinajstić information content (AvgIpc) is 2.56. The highest BCUT2D eigenvalue weighted by Gasteiger charge is 2.16. The number of rotatable bonds is 7. The molecule has 0 unspecified atom stereocenters. The molecule has 8 heteroatoms. The summed E-state index contributed by atoms with van der Waals surface area (Å²) >= 11 is 6.26. The first kappa shape index (κ1) is 20.9. The van der Waals surface area contributed by atoms with Gasteiger partial charge in [0.15, 0.2) is 11.5 Å². The Hall–Kier alpha value is -2.18. The summed E-state index contributed by atoms with van der Waals surface area (Å²) in [4.78, 5) is 16.3. The number of nitrogens with two attached hydrogens (primary N) is 1. The quantitative estimate of drug-likeness (QED) is 0.746. The molecule has 136 valence electrons. The third-order valence-corrected chi connectivity index (χ3v) is 3.35. The van der Waals surface area contributed by atoms with Crippen molar-refractivity contribution in [2.45, 2.75) is 20.3 Å². The molecule has 1 heterocycles. The lowest BCUT2D eigenvalue weighted by Crippen LogP contribution is -2.13. The van der Waals surface area contributed by atoms with E-state index < -0.39 is 0 Å². The molecule has 0 bridgehead atoms. The first-order valence-electron chi connectivity index (χ1n) is 7.67. The molecule has 0 saturated carbocycles. The zero-order valence-electron chi connectivity index (χ0n) is 14.0. The molecule has 1 aromatic heterocycles. The van der Waals surface area contributed by atoms with Crippen LogP contribution in [0.25, 0.3) is 0 Å². The average molecular weight is 386 g/mol. The maximum Gasteiger partial charge on any atom is 0.255 e. The zero-order chi connectivity index (χ0) is 17.5. The Bertz CT molecular complexity index is 709. The lowest BCUT2D eigenvalue weighted by Gasteiger charge is -2.15. The number of nitrogen functional groups attached to an aromatic ring is 1. The predicted octanol–water partition coefficient (Wildman–Crippen LogP) is 4.18. The molecule has 0 fully saturated rings. The monoisotopic (exact) mass is 385 g/mol. The van der Waals surface area contributed by atoms with Crippen LogP contribution in [0.15, 0.2) is 30.5 Å². The summed E-state index contributed by atoms with van der Waals surface area (Å²) in [6, 6.07) is 6.44. The van der Waals surface area contributed by atoms with Crippen LogP contribution in [0.5, 0.6) is 11.5 Å². The number of benzene rings is 1. The van der Waals surface area contributed by atoms with E-state index in [1.807, 2.05) is 13.8 Å². The molecule has 0 aliphatic rings. The lowest BCUT2D eigenvalue weighted by molar-refractivity contribution is 0.102. The van der Waals surface area contributed by atoms with Crippen molar-refractivity contribution in [1.29, 1.82) is 0 Å². The van der Waals surface area contributed by atoms with Gasteiger partial charge in [-0.05, 0) is 37.6 Å². The second kappa shape index (κ2) is 9.96. The van der Waals surface area contributed by atoms with Crippen LogP contribution in [0.2, 0.25) is 5.02 Å². The highest BCUT2D eigenvalue weighted by atomic mass is 35.5. The standard InChI is InChI=1S/C17H20ClN3O3.ClH/c1-3-7-24-16-13(18)8-11(9-14(16)23-4-2)17(22)21-12-5-6-15(19)20-10-12;/h5-6,8-10H,3-4,7H2,1-2H3,(H2,19,20)(H,21,22);1H. The highest BCUT2D eigenvalue weighted by molar-refractivity contribution is 6.32. The minimum atomic E-state index is -0.327. The number of nitrogens with one attached hydrogen (secondary N) is 1. The topological polar surface area (TPSA) is 86.5 Å². The van der Waals surface area contributed by atoms with Gasteiger partial charge in [-0.25, -0.2) is 4.98 Å². The Labute approximate surface area is 158 Å². The largest absolute Gasteiger partial charge is 0.490 e. The van der Waals surface area contributed by atoms with Crippen molar-refractivity contribution in [2.75, 3.05) is 24.3 Å². The number of halogens is 2. The maximum atomic E-state index is 12.4. The maximum absolute atomic E-state index is 12.4. The van der Waals surface area contributed by atoms with E-state index in [2.05, 4.69) is 10.3 Å². The number of amides is 1. The van der Waals surface area contributed by atoms with E-state index in [9.17, 15) is 4.79 Å². The van der Waals surface area contributed by atoms with E-state index in [4.69, 9.17) is 26.8 Å². The predicted molar refractivity (Wildman–Crippen MR) is 102 cm³/mol. The number of carbonyl (C=O) groups excluding carboxylic acids is 1. The normalized spacial score (nSPS) is 9.88. The molecule has 0 aliphatic carbocycles. The van der Waals surface area contributed by atoms with Gasteiger partial charge >= 0.3 is 0 Å². The number of ether oxygens (including phenoxy) is 2. The van der Waals surface area contributed by atoms with Crippen LogP contribution in [-0.2, 0) is 0 Å². The minimum Gasteiger partial charge on any atom is -0.490 e. The third-order valence-electron chi connectivity index (χ3n) is 3.07. The smallest absolute Gasteiger partial charge is 0.255 e. The Morgan fingerprint density at radius 3 is 2.64 bits per heavy atom. The van der Waals surface area contributed by atoms with Crippen LogP contribution in [0, 0.1) is 0 Å². The van der Waals surface area contributed by atoms with Gasteiger partial charge in [-0.3, -0.25) is 4.79 Å². The number of aromatic nitrogens is 1. The van der Waals surface area contributed by atoms with E-state index in [-0.39, 0.29) is 18.3 Å². The van der Waals surface area contributed by atoms with E-state index in [1.165, 1.54) is 6.20 Å². The summed E-state index contributed by atoms with van der Waals surface area (Å²) in [5.74, 6) is 0.948. The van der Waals surface area contributed by atoms with Gasteiger partial charge in [0.2, 0.25) is 0 Å². The molecule has 0 saturated heterocycles. The van der Waals surface area contributed by atoms with Crippen LogP contribution < -0.4 is 20.5 Å². The number of carbonyl (C=O) groups is 1. The van der Waals surface area contributed by atoms with Crippen molar-refractivity contribution in [3.05, 3.63) is 41.0 Å². The van der Waals surface area contributed by atoms with Gasteiger partial charge < -0.3 is 20.5 Å². The van der Waals surface area contributed by atoms with Crippen LogP contribution in [0.3, 0.4) is 0 Å². The van der Waals surface area contributed by atoms with E-state index in [0.29, 0.717) is 46.8 Å². The highest BCUT2D eigenvalue weighted by Crippen LogP contribution is 2.37.